The average molecular weight is 369 g/mol. The van der Waals surface area contributed by atoms with E-state index in [2.05, 4.69) is 4.98 Å². The van der Waals surface area contributed by atoms with Gasteiger partial charge in [0, 0.05) is 11.6 Å². The van der Waals surface area contributed by atoms with Crippen molar-refractivity contribution in [2.24, 2.45) is 0 Å². The number of carboxylic acid groups (broad SMARTS) is 1. The van der Waals surface area contributed by atoms with Gasteiger partial charge in [0.25, 0.3) is 0 Å². The molecule has 0 saturated heterocycles. The van der Waals surface area contributed by atoms with E-state index in [0.717, 1.165) is 5.57 Å². The fourth-order valence-corrected chi connectivity index (χ4v) is 2.56. The smallest absolute Gasteiger partial charge is 0.340 e. The summed E-state index contributed by atoms with van der Waals surface area (Å²) in [6, 6.07) is 6.87. The molecular formula is C21H23NO5. The number of aromatic hydroxyl groups is 1. The molecule has 0 aliphatic carbocycles. The number of nitrogens with zero attached hydrogens (tertiary/aromatic N) is 1. The van der Waals surface area contributed by atoms with Crippen molar-refractivity contribution < 1.29 is 24.5 Å². The van der Waals surface area contributed by atoms with Gasteiger partial charge in [-0.1, -0.05) is 23.8 Å². The summed E-state index contributed by atoms with van der Waals surface area (Å²) < 4.78 is 10.5. The van der Waals surface area contributed by atoms with Crippen LogP contribution in [0.2, 0.25) is 0 Å². The van der Waals surface area contributed by atoms with Crippen LogP contribution in [0.3, 0.4) is 0 Å². The summed E-state index contributed by atoms with van der Waals surface area (Å²) >= 11 is 0. The van der Waals surface area contributed by atoms with Crippen molar-refractivity contribution in [1.29, 1.82) is 0 Å². The van der Waals surface area contributed by atoms with Crippen molar-refractivity contribution in [3.05, 3.63) is 58.3 Å². The predicted octanol–water partition coefficient (Wildman–Crippen LogP) is 4.18. The molecule has 27 heavy (non-hydrogen) atoms. The molecule has 2 aromatic rings. The first-order chi connectivity index (χ1) is 12.9. The molecule has 1 aromatic carbocycles. The highest BCUT2D eigenvalue weighted by Crippen LogP contribution is 2.36. The van der Waals surface area contributed by atoms with Gasteiger partial charge in [-0.05, 0) is 44.0 Å². The molecule has 2 N–H and O–H groups in total. The standard InChI is InChI=1S/C21H23NO5/c1-13(2)8-11-16-17(26-3)12-14(19(20(16)23)21(24)25)9-10-15-6-5-7-18(22-15)27-4/h5-10,12,23H,11H2,1-4H3,(H,24,25). The van der Waals surface area contributed by atoms with Crippen molar-refractivity contribution in [2.75, 3.05) is 14.2 Å². The Morgan fingerprint density at radius 2 is 1.93 bits per heavy atom. The second kappa shape index (κ2) is 8.89. The highest BCUT2D eigenvalue weighted by atomic mass is 16.5. The second-order valence-corrected chi connectivity index (χ2v) is 6.10. The van der Waals surface area contributed by atoms with Gasteiger partial charge < -0.3 is 19.7 Å². The first-order valence-electron chi connectivity index (χ1n) is 8.36. The Balaban J connectivity index is 2.54. The van der Waals surface area contributed by atoms with Gasteiger partial charge in [0.1, 0.15) is 17.1 Å². The van der Waals surface area contributed by atoms with Crippen molar-refractivity contribution >= 4 is 18.1 Å². The van der Waals surface area contributed by atoms with Crippen LogP contribution in [-0.2, 0) is 6.42 Å². The van der Waals surface area contributed by atoms with E-state index < -0.39 is 5.97 Å². The highest BCUT2D eigenvalue weighted by Gasteiger charge is 2.21. The van der Waals surface area contributed by atoms with Crippen LogP contribution in [0.1, 0.15) is 41.0 Å². The van der Waals surface area contributed by atoms with Gasteiger partial charge in [0.05, 0.1) is 19.9 Å². The molecule has 0 unspecified atom stereocenters. The fraction of sp³-hybridized carbons (Fsp3) is 0.238. The van der Waals surface area contributed by atoms with Gasteiger partial charge in [-0.25, -0.2) is 9.78 Å². The number of carboxylic acids is 1. The summed E-state index contributed by atoms with van der Waals surface area (Å²) in [5.41, 5.74) is 2.24. The van der Waals surface area contributed by atoms with Crippen LogP contribution in [0.25, 0.3) is 12.2 Å². The molecule has 0 radical (unpaired) electrons. The molecule has 0 bridgehead atoms. The molecule has 6 heteroatoms. The van der Waals surface area contributed by atoms with Gasteiger partial charge in [-0.15, -0.1) is 0 Å². The average Bonchev–Trinajstić information content (AvgIpc) is 2.64. The Morgan fingerprint density at radius 3 is 2.52 bits per heavy atom. The van der Waals surface area contributed by atoms with Crippen LogP contribution < -0.4 is 9.47 Å². The zero-order valence-corrected chi connectivity index (χ0v) is 15.8. The van der Waals surface area contributed by atoms with Gasteiger partial charge in [0.15, 0.2) is 0 Å². The number of ether oxygens (including phenoxy) is 2. The second-order valence-electron chi connectivity index (χ2n) is 6.10. The molecule has 2 rings (SSSR count). The maximum Gasteiger partial charge on any atom is 0.340 e. The predicted molar refractivity (Wildman–Crippen MR) is 104 cm³/mol. The molecule has 1 heterocycles. The number of rotatable bonds is 7. The zero-order valence-electron chi connectivity index (χ0n) is 15.8. The first kappa shape index (κ1) is 20.0. The molecule has 6 nitrogen and oxygen atoms in total. The summed E-state index contributed by atoms with van der Waals surface area (Å²) in [5, 5.41) is 20.2. The highest BCUT2D eigenvalue weighted by molar-refractivity contribution is 5.97. The third-order valence-electron chi connectivity index (χ3n) is 3.93. The Bertz CT molecular complexity index is 896. The molecule has 0 atom stereocenters. The molecule has 0 amide bonds. The summed E-state index contributed by atoms with van der Waals surface area (Å²) in [7, 11) is 3.00. The van der Waals surface area contributed by atoms with Crippen molar-refractivity contribution in [2.45, 2.75) is 20.3 Å². The molecule has 0 spiro atoms. The maximum absolute atomic E-state index is 11.8. The number of methoxy groups -OCH3 is 2. The van der Waals surface area contributed by atoms with E-state index in [1.54, 1.807) is 36.4 Å². The van der Waals surface area contributed by atoms with Gasteiger partial charge >= 0.3 is 5.97 Å². The number of carbonyl (C=O) groups is 1. The van der Waals surface area contributed by atoms with Crippen molar-refractivity contribution in [1.82, 2.24) is 4.98 Å². The number of aromatic nitrogens is 1. The number of phenols is 1. The van der Waals surface area contributed by atoms with Crippen LogP contribution in [0.4, 0.5) is 0 Å². The largest absolute Gasteiger partial charge is 0.507 e. The number of allylic oxidation sites excluding steroid dienone is 2. The lowest BCUT2D eigenvalue weighted by Crippen LogP contribution is -2.04. The first-order valence-corrected chi connectivity index (χ1v) is 8.36. The Kier molecular flexibility index (Phi) is 6.60. The Hall–Kier alpha value is -3.28. The van der Waals surface area contributed by atoms with E-state index in [9.17, 15) is 15.0 Å². The van der Waals surface area contributed by atoms with Crippen molar-refractivity contribution in [3.8, 4) is 17.4 Å². The summed E-state index contributed by atoms with van der Waals surface area (Å²) in [6.07, 6.45) is 5.51. The minimum atomic E-state index is -1.22. The van der Waals surface area contributed by atoms with Gasteiger partial charge in [-0.2, -0.15) is 0 Å². The topological polar surface area (TPSA) is 88.9 Å². The van der Waals surface area contributed by atoms with E-state index in [1.807, 2.05) is 19.9 Å². The van der Waals surface area contributed by atoms with E-state index >= 15 is 0 Å². The number of hydrogen-bond donors (Lipinski definition) is 2. The minimum absolute atomic E-state index is 0.174. The normalized spacial score (nSPS) is 10.7. The SMILES string of the molecule is COc1cccc(C=Cc2cc(OC)c(CC=C(C)C)c(O)c2C(=O)O)n1. The summed E-state index contributed by atoms with van der Waals surface area (Å²) in [5.74, 6) is -0.634. The molecule has 0 fully saturated rings. The van der Waals surface area contributed by atoms with Crippen LogP contribution in [-0.4, -0.2) is 35.4 Å². The number of hydrogen-bond acceptors (Lipinski definition) is 5. The van der Waals surface area contributed by atoms with Gasteiger partial charge in [0.2, 0.25) is 5.88 Å². The monoisotopic (exact) mass is 369 g/mol. The lowest BCUT2D eigenvalue weighted by molar-refractivity contribution is 0.0693. The van der Waals surface area contributed by atoms with Crippen LogP contribution in [0.5, 0.6) is 17.4 Å². The lowest BCUT2D eigenvalue weighted by Gasteiger charge is -2.14. The number of pyridine rings is 1. The van der Waals surface area contributed by atoms with Crippen molar-refractivity contribution in [3.63, 3.8) is 0 Å². The van der Waals surface area contributed by atoms with E-state index in [0.29, 0.717) is 34.9 Å². The molecule has 0 aliphatic rings. The third-order valence-corrected chi connectivity index (χ3v) is 3.93. The summed E-state index contributed by atoms with van der Waals surface area (Å²) in [6.45, 7) is 3.86. The van der Waals surface area contributed by atoms with Crippen LogP contribution >= 0.6 is 0 Å². The third kappa shape index (κ3) is 4.88. The molecule has 142 valence electrons. The van der Waals surface area contributed by atoms with Gasteiger partial charge in [-0.3, -0.25) is 0 Å². The van der Waals surface area contributed by atoms with E-state index in [1.165, 1.54) is 14.2 Å². The molecular weight excluding hydrogens is 346 g/mol. The molecule has 1 aromatic heterocycles. The Morgan fingerprint density at radius 1 is 1.19 bits per heavy atom. The molecule has 0 aliphatic heterocycles. The Labute approximate surface area is 158 Å². The number of benzene rings is 1. The summed E-state index contributed by atoms with van der Waals surface area (Å²) in [4.78, 5) is 16.0. The lowest BCUT2D eigenvalue weighted by atomic mass is 9.97. The zero-order chi connectivity index (χ0) is 20.0. The van der Waals surface area contributed by atoms with E-state index in [4.69, 9.17) is 9.47 Å². The quantitative estimate of drug-likeness (QED) is 0.712. The van der Waals surface area contributed by atoms with Crippen LogP contribution in [0, 0.1) is 0 Å². The minimum Gasteiger partial charge on any atom is -0.507 e. The maximum atomic E-state index is 11.8. The fourth-order valence-electron chi connectivity index (χ4n) is 2.56. The number of aromatic carboxylic acids is 1. The molecule has 0 saturated carbocycles. The van der Waals surface area contributed by atoms with E-state index in [-0.39, 0.29) is 11.3 Å². The van der Waals surface area contributed by atoms with Crippen LogP contribution in [0.15, 0.2) is 35.9 Å².